The molecule has 3 fully saturated rings. The van der Waals surface area contributed by atoms with Crippen LogP contribution >= 0.6 is 22.9 Å². The Hall–Kier alpha value is -2.37. The lowest BCUT2D eigenvalue weighted by Crippen LogP contribution is -2.46. The summed E-state index contributed by atoms with van der Waals surface area (Å²) in [5.74, 6) is 0.357. The largest absolute Gasteiger partial charge is 0.441 e. The van der Waals surface area contributed by atoms with Gasteiger partial charge < -0.3 is 15.0 Å². The van der Waals surface area contributed by atoms with Crippen molar-refractivity contribution in [1.29, 1.82) is 0 Å². The van der Waals surface area contributed by atoms with Gasteiger partial charge in [-0.3, -0.25) is 9.69 Å². The second-order valence-corrected chi connectivity index (χ2v) is 12.4. The number of thiazole rings is 1. The first-order chi connectivity index (χ1) is 18.6. The molecule has 1 aromatic heterocycles. The molecule has 2 saturated heterocycles. The van der Waals surface area contributed by atoms with Crippen LogP contribution in [-0.4, -0.2) is 58.6 Å². The molecule has 2 aliphatic heterocycles. The Labute approximate surface area is 234 Å². The normalized spacial score (nSPS) is 23.7. The highest BCUT2D eigenvalue weighted by Crippen LogP contribution is 2.36. The molecule has 5 rings (SSSR count). The molecule has 1 saturated carbocycles. The van der Waals surface area contributed by atoms with Crippen LogP contribution < -0.4 is 5.32 Å². The van der Waals surface area contributed by atoms with Crippen LogP contribution in [0.25, 0.3) is 0 Å². The lowest BCUT2D eigenvalue weighted by Gasteiger charge is -2.37. The number of nitrogens with one attached hydrogen (secondary N) is 1. The number of carbonyl (C=O) groups excluding carboxylic acids is 2. The van der Waals surface area contributed by atoms with E-state index in [0.29, 0.717) is 49.4 Å². The topological polar surface area (TPSA) is 74.8 Å². The third kappa shape index (κ3) is 7.05. The van der Waals surface area contributed by atoms with Crippen LogP contribution in [0.4, 0.5) is 18.0 Å². The number of alkyl halides is 3. The van der Waals surface area contributed by atoms with Crippen LogP contribution in [0.15, 0.2) is 29.6 Å². The Bertz CT molecular complexity index is 1160. The number of hydrogen-bond acceptors (Lipinski definition) is 6. The van der Waals surface area contributed by atoms with Gasteiger partial charge in [0.2, 0.25) is 5.91 Å². The van der Waals surface area contributed by atoms with Crippen molar-refractivity contribution in [2.75, 3.05) is 26.2 Å². The number of halogens is 4. The zero-order valence-electron chi connectivity index (χ0n) is 21.5. The molecule has 0 atom stereocenters. The minimum Gasteiger partial charge on any atom is -0.441 e. The number of carbonyl (C=O) groups is 2. The molecule has 39 heavy (non-hydrogen) atoms. The van der Waals surface area contributed by atoms with Crippen molar-refractivity contribution >= 4 is 34.9 Å². The number of nitrogens with zero attached hydrogens (tertiary/aromatic N) is 3. The van der Waals surface area contributed by atoms with Gasteiger partial charge in [-0.1, -0.05) is 23.7 Å². The number of amides is 2. The fourth-order valence-corrected chi connectivity index (χ4v) is 6.66. The zero-order valence-corrected chi connectivity index (χ0v) is 23.1. The first-order valence-corrected chi connectivity index (χ1v) is 14.6. The molecule has 0 bridgehead atoms. The molecule has 1 aliphatic carbocycles. The smallest absolute Gasteiger partial charge is 0.416 e. The van der Waals surface area contributed by atoms with Crippen molar-refractivity contribution in [2.45, 2.75) is 63.4 Å². The molecular weight excluding hydrogens is 553 g/mol. The fraction of sp³-hybridized carbons (Fsp3) is 0.593. The van der Waals surface area contributed by atoms with Crippen molar-refractivity contribution in [3.05, 3.63) is 50.9 Å². The van der Waals surface area contributed by atoms with Crippen molar-refractivity contribution in [2.24, 2.45) is 11.8 Å². The van der Waals surface area contributed by atoms with E-state index in [2.05, 4.69) is 15.2 Å². The fourth-order valence-electron chi connectivity index (χ4n) is 5.87. The maximum absolute atomic E-state index is 12.8. The first kappa shape index (κ1) is 28.2. The lowest BCUT2D eigenvalue weighted by molar-refractivity contribution is -0.137. The van der Waals surface area contributed by atoms with Crippen LogP contribution in [0.5, 0.6) is 0 Å². The number of piperidine rings is 1. The van der Waals surface area contributed by atoms with Gasteiger partial charge in [0.15, 0.2) is 4.47 Å². The van der Waals surface area contributed by atoms with Gasteiger partial charge in [-0.25, -0.2) is 9.78 Å². The maximum atomic E-state index is 12.8. The van der Waals surface area contributed by atoms with Gasteiger partial charge in [0, 0.05) is 50.3 Å². The highest BCUT2D eigenvalue weighted by Gasteiger charge is 2.47. The Morgan fingerprint density at radius 3 is 2.46 bits per heavy atom. The van der Waals surface area contributed by atoms with E-state index in [1.165, 1.54) is 23.5 Å². The summed E-state index contributed by atoms with van der Waals surface area (Å²) in [6.45, 7) is 3.59. The van der Waals surface area contributed by atoms with E-state index in [1.807, 2.05) is 10.3 Å². The van der Waals surface area contributed by atoms with Gasteiger partial charge in [0.25, 0.3) is 0 Å². The predicted octanol–water partition coefficient (Wildman–Crippen LogP) is 5.72. The van der Waals surface area contributed by atoms with E-state index >= 15 is 0 Å². The standard InChI is InChI=1S/C27H32ClF3N4O3S/c28-24-33-22(16-39-24)13-32-23(36)20-5-1-19(2-6-20)15-35-17-26(38-25(35)37)9-11-34(12-10-26)14-18-3-7-21(8-4-18)27(29,30)31/h3-4,7-8,16,19-20H,1-2,5-6,9-15,17H2,(H,32,36). The van der Waals surface area contributed by atoms with E-state index in [0.717, 1.165) is 62.2 Å². The molecule has 1 N–H and O–H groups in total. The Kier molecular flexibility index (Phi) is 8.40. The number of likely N-dealkylation sites (tertiary alicyclic amines) is 1. The SMILES string of the molecule is O=C(NCc1csc(Cl)n1)C1CCC(CN2CC3(CCN(Cc4ccc(C(F)(F)F)cc4)CC3)OC2=O)CC1. The van der Waals surface area contributed by atoms with Crippen molar-refractivity contribution < 1.29 is 27.5 Å². The van der Waals surface area contributed by atoms with Crippen LogP contribution in [0.3, 0.4) is 0 Å². The first-order valence-electron chi connectivity index (χ1n) is 13.3. The molecule has 1 aromatic carbocycles. The van der Waals surface area contributed by atoms with Gasteiger partial charge in [0.1, 0.15) is 5.60 Å². The number of rotatable bonds is 7. The summed E-state index contributed by atoms with van der Waals surface area (Å²) < 4.78 is 44.8. The average molecular weight is 585 g/mol. The highest BCUT2D eigenvalue weighted by molar-refractivity contribution is 7.13. The average Bonchev–Trinajstić information content (AvgIpc) is 3.46. The van der Waals surface area contributed by atoms with E-state index in [-0.39, 0.29) is 17.9 Å². The molecule has 12 heteroatoms. The number of aromatic nitrogens is 1. The summed E-state index contributed by atoms with van der Waals surface area (Å²) in [6, 6.07) is 5.30. The van der Waals surface area contributed by atoms with E-state index in [1.54, 1.807) is 0 Å². The highest BCUT2D eigenvalue weighted by atomic mass is 35.5. The molecule has 0 radical (unpaired) electrons. The van der Waals surface area contributed by atoms with Gasteiger partial charge in [-0.2, -0.15) is 13.2 Å². The lowest BCUT2D eigenvalue weighted by atomic mass is 9.81. The van der Waals surface area contributed by atoms with Crippen LogP contribution in [0, 0.1) is 11.8 Å². The summed E-state index contributed by atoms with van der Waals surface area (Å²) in [4.78, 5) is 33.5. The summed E-state index contributed by atoms with van der Waals surface area (Å²) in [6.07, 6.45) is 0.159. The minimum absolute atomic E-state index is 0.0266. The molecule has 3 heterocycles. The van der Waals surface area contributed by atoms with E-state index < -0.39 is 17.3 Å². The number of ether oxygens (including phenoxy) is 1. The predicted molar refractivity (Wildman–Crippen MR) is 141 cm³/mol. The third-order valence-electron chi connectivity index (χ3n) is 8.16. The monoisotopic (exact) mass is 584 g/mol. The summed E-state index contributed by atoms with van der Waals surface area (Å²) >= 11 is 7.19. The molecule has 7 nitrogen and oxygen atoms in total. The molecule has 2 amide bonds. The van der Waals surface area contributed by atoms with Gasteiger partial charge in [-0.15, -0.1) is 11.3 Å². The molecule has 212 valence electrons. The molecular formula is C27H32ClF3N4O3S. The second-order valence-electron chi connectivity index (χ2n) is 10.9. The summed E-state index contributed by atoms with van der Waals surface area (Å²) in [5.41, 5.74) is 0.458. The van der Waals surface area contributed by atoms with E-state index in [9.17, 15) is 22.8 Å². The maximum Gasteiger partial charge on any atom is 0.416 e. The molecule has 2 aromatic rings. The Balaban J connectivity index is 1.04. The van der Waals surface area contributed by atoms with Gasteiger partial charge >= 0.3 is 12.3 Å². The van der Waals surface area contributed by atoms with Crippen molar-refractivity contribution in [1.82, 2.24) is 20.1 Å². The van der Waals surface area contributed by atoms with Gasteiger partial charge in [0.05, 0.1) is 24.3 Å². The Morgan fingerprint density at radius 1 is 1.15 bits per heavy atom. The number of hydrogen-bond donors (Lipinski definition) is 1. The van der Waals surface area contributed by atoms with E-state index in [4.69, 9.17) is 16.3 Å². The molecule has 1 spiro atoms. The quantitative estimate of drug-likeness (QED) is 0.450. The summed E-state index contributed by atoms with van der Waals surface area (Å²) in [5, 5.41) is 4.79. The second kappa shape index (κ2) is 11.6. The van der Waals surface area contributed by atoms with Crippen molar-refractivity contribution in [3.63, 3.8) is 0 Å². The van der Waals surface area contributed by atoms with Gasteiger partial charge in [-0.05, 0) is 49.3 Å². The zero-order chi connectivity index (χ0) is 27.6. The van der Waals surface area contributed by atoms with Crippen molar-refractivity contribution in [3.8, 4) is 0 Å². The summed E-state index contributed by atoms with van der Waals surface area (Å²) in [7, 11) is 0. The van der Waals surface area contributed by atoms with Crippen LogP contribution in [-0.2, 0) is 28.8 Å². The minimum atomic E-state index is -4.33. The van der Waals surface area contributed by atoms with Crippen LogP contribution in [0.2, 0.25) is 4.47 Å². The van der Waals surface area contributed by atoms with Crippen LogP contribution in [0.1, 0.15) is 55.3 Å². The number of benzene rings is 1. The molecule has 3 aliphatic rings. The third-order valence-corrected chi connectivity index (χ3v) is 9.19. The Morgan fingerprint density at radius 2 is 1.85 bits per heavy atom. The molecule has 0 unspecified atom stereocenters.